The summed E-state index contributed by atoms with van der Waals surface area (Å²) in [6.45, 7) is 0.195. The summed E-state index contributed by atoms with van der Waals surface area (Å²) in [6.07, 6.45) is 7.18. The first-order chi connectivity index (χ1) is 16.4. The van der Waals surface area contributed by atoms with Gasteiger partial charge in [-0.1, -0.05) is 43.5 Å². The number of sulfonamides is 1. The number of anilines is 2. The average Bonchev–Trinajstić information content (AvgIpc) is 3.65. The highest BCUT2D eigenvalue weighted by Crippen LogP contribution is 2.56. The van der Waals surface area contributed by atoms with Crippen LogP contribution in [0.25, 0.3) is 0 Å². The monoisotopic (exact) mass is 479 g/mol. The molecular formula is C26H29N3O4S. The van der Waals surface area contributed by atoms with E-state index in [2.05, 4.69) is 21.0 Å². The van der Waals surface area contributed by atoms with Crippen molar-refractivity contribution in [3.05, 3.63) is 59.2 Å². The van der Waals surface area contributed by atoms with Gasteiger partial charge >= 0.3 is 0 Å². The molecule has 2 aromatic rings. The Morgan fingerprint density at radius 2 is 1.74 bits per heavy atom. The van der Waals surface area contributed by atoms with Crippen molar-refractivity contribution in [1.29, 1.82) is 0 Å². The molecule has 0 bridgehead atoms. The summed E-state index contributed by atoms with van der Waals surface area (Å²) in [5.74, 6) is 0.0264. The topological polar surface area (TPSA) is 95.6 Å². The summed E-state index contributed by atoms with van der Waals surface area (Å²) in [6, 6.07) is 13.5. The minimum Gasteiger partial charge on any atom is -0.354 e. The molecule has 0 spiro atoms. The van der Waals surface area contributed by atoms with E-state index in [0.717, 1.165) is 35.3 Å². The van der Waals surface area contributed by atoms with E-state index in [0.29, 0.717) is 24.3 Å². The molecule has 2 aliphatic carbocycles. The van der Waals surface area contributed by atoms with Crippen LogP contribution in [0, 0.1) is 5.92 Å². The van der Waals surface area contributed by atoms with Crippen molar-refractivity contribution in [3.63, 3.8) is 0 Å². The highest BCUT2D eigenvalue weighted by molar-refractivity contribution is 7.91. The fourth-order valence-corrected chi connectivity index (χ4v) is 7.44. The zero-order valence-corrected chi connectivity index (χ0v) is 19.8. The third kappa shape index (κ3) is 3.68. The largest absolute Gasteiger partial charge is 0.354 e. The Balaban J connectivity index is 1.43. The number of amides is 2. The maximum absolute atomic E-state index is 12.9. The summed E-state index contributed by atoms with van der Waals surface area (Å²) in [5, 5.41) is 2.59. The van der Waals surface area contributed by atoms with Gasteiger partial charge < -0.3 is 10.2 Å². The summed E-state index contributed by atoms with van der Waals surface area (Å²) in [7, 11) is -3.63. The van der Waals surface area contributed by atoms with E-state index in [-0.39, 0.29) is 24.4 Å². The van der Waals surface area contributed by atoms with Crippen molar-refractivity contribution in [2.75, 3.05) is 16.8 Å². The van der Waals surface area contributed by atoms with Crippen molar-refractivity contribution in [1.82, 2.24) is 4.72 Å². The highest BCUT2D eigenvalue weighted by Gasteiger charge is 2.46. The number of fused-ring (bicyclic) bond motifs is 5. The first-order valence-corrected chi connectivity index (χ1v) is 13.8. The smallest absolute Gasteiger partial charge is 0.264 e. The molecule has 6 rings (SSSR count). The fourth-order valence-electron chi connectivity index (χ4n) is 6.14. The second-order valence-corrected chi connectivity index (χ2v) is 12.0. The summed E-state index contributed by atoms with van der Waals surface area (Å²) < 4.78 is 26.9. The number of rotatable bonds is 4. The standard InChI is InChI=1S/C26H29N3O4S/c30-23-15-29-22-14-17(26(31)28-34(32,33)18-11-12-18)10-13-20(22)24(16-6-2-1-3-7-16)25(29)19-8-4-5-9-21(19)27-23/h4-5,8-10,13-14,16,18,24-25H,1-3,6-7,11-12,15H2,(H,27,30)(H,28,31). The predicted octanol–water partition coefficient (Wildman–Crippen LogP) is 4.09. The van der Waals surface area contributed by atoms with Gasteiger partial charge in [0.1, 0.15) is 0 Å². The van der Waals surface area contributed by atoms with Gasteiger partial charge in [0.2, 0.25) is 15.9 Å². The molecule has 2 aliphatic heterocycles. The van der Waals surface area contributed by atoms with Crippen LogP contribution in [-0.2, 0) is 14.8 Å². The van der Waals surface area contributed by atoms with E-state index >= 15 is 0 Å². The minimum atomic E-state index is -3.63. The van der Waals surface area contributed by atoms with Gasteiger partial charge in [0, 0.05) is 22.9 Å². The van der Waals surface area contributed by atoms with Gasteiger partial charge in [-0.05, 0) is 60.9 Å². The SMILES string of the molecule is O=C1CN2c3cc(C(=O)NS(=O)(=O)C4CC4)ccc3C(C3CCCCC3)C2c2ccccc2N1. The van der Waals surface area contributed by atoms with Crippen LogP contribution in [-0.4, -0.2) is 32.0 Å². The molecule has 4 aliphatic rings. The van der Waals surface area contributed by atoms with Gasteiger partial charge in [0.25, 0.3) is 5.91 Å². The normalized spacial score (nSPS) is 24.5. The van der Waals surface area contributed by atoms with Gasteiger partial charge in [0.15, 0.2) is 0 Å². The Hall–Kier alpha value is -2.87. The Bertz CT molecular complexity index is 1260. The van der Waals surface area contributed by atoms with Gasteiger partial charge in [-0.15, -0.1) is 0 Å². The van der Waals surface area contributed by atoms with E-state index < -0.39 is 21.2 Å². The zero-order chi connectivity index (χ0) is 23.4. The third-order valence-electron chi connectivity index (χ3n) is 7.86. The van der Waals surface area contributed by atoms with E-state index in [1.165, 1.54) is 19.3 Å². The highest BCUT2D eigenvalue weighted by atomic mass is 32.2. The van der Waals surface area contributed by atoms with Gasteiger partial charge in [-0.25, -0.2) is 13.1 Å². The maximum atomic E-state index is 12.9. The molecule has 2 fully saturated rings. The zero-order valence-electron chi connectivity index (χ0n) is 19.0. The van der Waals surface area contributed by atoms with Crippen LogP contribution in [0.15, 0.2) is 42.5 Å². The van der Waals surface area contributed by atoms with Crippen LogP contribution in [0.3, 0.4) is 0 Å². The number of hydrogen-bond acceptors (Lipinski definition) is 5. The minimum absolute atomic E-state index is 0.00163. The van der Waals surface area contributed by atoms with Crippen LogP contribution < -0.4 is 14.9 Å². The number of carbonyl (C=O) groups excluding carboxylic acids is 2. The fraction of sp³-hybridized carbons (Fsp3) is 0.462. The first-order valence-electron chi connectivity index (χ1n) is 12.3. The molecule has 0 radical (unpaired) electrons. The predicted molar refractivity (Wildman–Crippen MR) is 130 cm³/mol. The van der Waals surface area contributed by atoms with Crippen molar-refractivity contribution in [2.24, 2.45) is 5.92 Å². The molecule has 2 unspecified atom stereocenters. The van der Waals surface area contributed by atoms with Crippen LogP contribution in [0.5, 0.6) is 0 Å². The second kappa shape index (κ2) is 8.12. The van der Waals surface area contributed by atoms with Crippen LogP contribution in [0.1, 0.15) is 78.4 Å². The molecule has 2 heterocycles. The quantitative estimate of drug-likeness (QED) is 0.689. The lowest BCUT2D eigenvalue weighted by Crippen LogP contribution is -2.34. The number of nitrogens with zero attached hydrogens (tertiary/aromatic N) is 1. The van der Waals surface area contributed by atoms with E-state index in [9.17, 15) is 18.0 Å². The lowest BCUT2D eigenvalue weighted by Gasteiger charge is -2.35. The maximum Gasteiger partial charge on any atom is 0.264 e. The number of benzene rings is 2. The molecule has 2 aromatic carbocycles. The molecule has 7 nitrogen and oxygen atoms in total. The van der Waals surface area contributed by atoms with Gasteiger partial charge in [0.05, 0.1) is 17.8 Å². The average molecular weight is 480 g/mol. The molecule has 0 saturated heterocycles. The molecule has 2 saturated carbocycles. The summed E-state index contributed by atoms with van der Waals surface area (Å²) >= 11 is 0. The Kier molecular flexibility index (Phi) is 5.17. The second-order valence-electron chi connectivity index (χ2n) is 10.1. The lowest BCUT2D eigenvalue weighted by atomic mass is 9.73. The van der Waals surface area contributed by atoms with Crippen molar-refractivity contribution in [2.45, 2.75) is 62.2 Å². The summed E-state index contributed by atoms with van der Waals surface area (Å²) in [4.78, 5) is 27.9. The number of carbonyl (C=O) groups is 2. The number of nitrogens with one attached hydrogen (secondary N) is 2. The van der Waals surface area contributed by atoms with Crippen molar-refractivity contribution >= 4 is 33.2 Å². The number of hydrogen-bond donors (Lipinski definition) is 2. The molecule has 34 heavy (non-hydrogen) atoms. The first kappa shape index (κ1) is 21.6. The molecule has 2 N–H and O–H groups in total. The summed E-state index contributed by atoms with van der Waals surface area (Å²) in [5.41, 5.74) is 4.28. The molecule has 2 atom stereocenters. The van der Waals surface area contributed by atoms with E-state index in [4.69, 9.17) is 0 Å². The van der Waals surface area contributed by atoms with Gasteiger partial charge in [-0.2, -0.15) is 0 Å². The Morgan fingerprint density at radius 3 is 2.50 bits per heavy atom. The third-order valence-corrected chi connectivity index (χ3v) is 9.68. The van der Waals surface area contributed by atoms with Crippen LogP contribution >= 0.6 is 0 Å². The molecular weight excluding hydrogens is 450 g/mol. The van der Waals surface area contributed by atoms with Crippen LogP contribution in [0.4, 0.5) is 11.4 Å². The Labute approximate surface area is 200 Å². The molecule has 178 valence electrons. The Morgan fingerprint density at radius 1 is 0.971 bits per heavy atom. The lowest BCUT2D eigenvalue weighted by molar-refractivity contribution is -0.115. The van der Waals surface area contributed by atoms with Crippen molar-refractivity contribution in [3.8, 4) is 0 Å². The van der Waals surface area contributed by atoms with Gasteiger partial charge in [-0.3, -0.25) is 9.59 Å². The molecule has 0 aromatic heterocycles. The molecule has 2 amide bonds. The van der Waals surface area contributed by atoms with E-state index in [1.807, 2.05) is 24.3 Å². The van der Waals surface area contributed by atoms with Crippen molar-refractivity contribution < 1.29 is 18.0 Å². The number of para-hydroxylation sites is 1. The van der Waals surface area contributed by atoms with E-state index in [1.54, 1.807) is 12.1 Å². The van der Waals surface area contributed by atoms with Crippen LogP contribution in [0.2, 0.25) is 0 Å². The molecule has 8 heteroatoms.